The Bertz CT molecular complexity index is 427. The Morgan fingerprint density at radius 3 is 2.80 bits per heavy atom. The molecule has 0 aliphatic carbocycles. The molecule has 0 saturated carbocycles. The van der Waals surface area contributed by atoms with Crippen molar-refractivity contribution in [2.24, 2.45) is 5.73 Å². The molecule has 0 atom stereocenters. The predicted molar refractivity (Wildman–Crippen MR) is 57.8 cm³/mol. The monoisotopic (exact) mass is 203 g/mol. The SMILES string of the molecule is Cc1cc(C#CCC(N)=O)ccc1CO. The van der Waals surface area contributed by atoms with E-state index in [0.717, 1.165) is 16.7 Å². The molecule has 1 aromatic carbocycles. The van der Waals surface area contributed by atoms with E-state index >= 15 is 0 Å². The summed E-state index contributed by atoms with van der Waals surface area (Å²) in [7, 11) is 0. The van der Waals surface area contributed by atoms with E-state index in [-0.39, 0.29) is 13.0 Å². The summed E-state index contributed by atoms with van der Waals surface area (Å²) < 4.78 is 0. The number of nitrogens with two attached hydrogens (primary N) is 1. The Labute approximate surface area is 88.9 Å². The molecule has 0 radical (unpaired) electrons. The van der Waals surface area contributed by atoms with Crippen LogP contribution in [0.4, 0.5) is 0 Å². The summed E-state index contributed by atoms with van der Waals surface area (Å²) in [6, 6.07) is 5.51. The number of aryl methyl sites for hydroxylation is 1. The lowest BCUT2D eigenvalue weighted by molar-refractivity contribution is -0.117. The van der Waals surface area contributed by atoms with Gasteiger partial charge >= 0.3 is 0 Å². The Morgan fingerprint density at radius 1 is 1.53 bits per heavy atom. The maximum atomic E-state index is 10.4. The highest BCUT2D eigenvalue weighted by atomic mass is 16.3. The average Bonchev–Trinajstić information content (AvgIpc) is 2.17. The highest BCUT2D eigenvalue weighted by Crippen LogP contribution is 2.10. The number of hydrogen-bond donors (Lipinski definition) is 2. The van der Waals surface area contributed by atoms with Crippen LogP contribution in [-0.2, 0) is 11.4 Å². The highest BCUT2D eigenvalue weighted by molar-refractivity contribution is 5.76. The van der Waals surface area contributed by atoms with Crippen molar-refractivity contribution in [1.29, 1.82) is 0 Å². The van der Waals surface area contributed by atoms with E-state index in [4.69, 9.17) is 10.8 Å². The molecule has 0 aliphatic rings. The fourth-order valence-electron chi connectivity index (χ4n) is 1.18. The zero-order valence-electron chi connectivity index (χ0n) is 8.58. The minimum atomic E-state index is -0.425. The lowest BCUT2D eigenvalue weighted by Crippen LogP contribution is -2.08. The molecule has 1 amide bonds. The number of hydrogen-bond acceptors (Lipinski definition) is 2. The van der Waals surface area contributed by atoms with Gasteiger partial charge in [0, 0.05) is 5.56 Å². The first-order valence-electron chi connectivity index (χ1n) is 4.61. The molecule has 1 rings (SSSR count). The molecule has 0 heterocycles. The zero-order chi connectivity index (χ0) is 11.3. The number of aliphatic hydroxyl groups is 1. The normalized spacial score (nSPS) is 9.20. The van der Waals surface area contributed by atoms with Crippen LogP contribution in [0.1, 0.15) is 23.1 Å². The molecule has 3 nitrogen and oxygen atoms in total. The van der Waals surface area contributed by atoms with Crippen LogP contribution < -0.4 is 5.73 Å². The van der Waals surface area contributed by atoms with Crippen LogP contribution in [-0.4, -0.2) is 11.0 Å². The Hall–Kier alpha value is -1.79. The van der Waals surface area contributed by atoms with Crippen LogP contribution in [0, 0.1) is 18.8 Å². The first kappa shape index (κ1) is 11.3. The van der Waals surface area contributed by atoms with Gasteiger partial charge in [-0.3, -0.25) is 4.79 Å². The molecule has 78 valence electrons. The number of benzene rings is 1. The van der Waals surface area contributed by atoms with Gasteiger partial charge in [0.05, 0.1) is 13.0 Å². The highest BCUT2D eigenvalue weighted by Gasteiger charge is 1.96. The lowest BCUT2D eigenvalue weighted by Gasteiger charge is -2.01. The largest absolute Gasteiger partial charge is 0.392 e. The average molecular weight is 203 g/mol. The van der Waals surface area contributed by atoms with Crippen LogP contribution in [0.15, 0.2) is 18.2 Å². The summed E-state index contributed by atoms with van der Waals surface area (Å²) in [5.41, 5.74) is 7.66. The van der Waals surface area contributed by atoms with Crippen molar-refractivity contribution in [3.8, 4) is 11.8 Å². The van der Waals surface area contributed by atoms with Crippen molar-refractivity contribution in [3.05, 3.63) is 34.9 Å². The van der Waals surface area contributed by atoms with Crippen molar-refractivity contribution < 1.29 is 9.90 Å². The van der Waals surface area contributed by atoms with Crippen molar-refractivity contribution >= 4 is 5.91 Å². The van der Waals surface area contributed by atoms with Gasteiger partial charge in [0.2, 0.25) is 5.91 Å². The van der Waals surface area contributed by atoms with Gasteiger partial charge in [-0.25, -0.2) is 0 Å². The summed E-state index contributed by atoms with van der Waals surface area (Å²) in [4.78, 5) is 10.4. The number of primary amides is 1. The topological polar surface area (TPSA) is 63.3 Å². The van der Waals surface area contributed by atoms with Crippen LogP contribution in [0.5, 0.6) is 0 Å². The summed E-state index contributed by atoms with van der Waals surface area (Å²) in [6.45, 7) is 1.94. The van der Waals surface area contributed by atoms with Gasteiger partial charge in [-0.05, 0) is 30.2 Å². The molecule has 1 aromatic rings. The zero-order valence-corrected chi connectivity index (χ0v) is 8.58. The van der Waals surface area contributed by atoms with Gasteiger partial charge in [-0.2, -0.15) is 0 Å². The van der Waals surface area contributed by atoms with Gasteiger partial charge in [-0.15, -0.1) is 0 Å². The predicted octanol–water partition coefficient (Wildman–Crippen LogP) is 0.714. The maximum absolute atomic E-state index is 10.4. The first-order chi connectivity index (χ1) is 7.13. The second-order valence-electron chi connectivity index (χ2n) is 3.24. The van der Waals surface area contributed by atoms with E-state index in [2.05, 4.69) is 11.8 Å². The molecule has 15 heavy (non-hydrogen) atoms. The number of aliphatic hydroxyl groups excluding tert-OH is 1. The Morgan fingerprint density at radius 2 is 2.27 bits per heavy atom. The minimum absolute atomic E-state index is 0.0286. The van der Waals surface area contributed by atoms with Crippen molar-refractivity contribution in [2.45, 2.75) is 20.0 Å². The molecule has 3 N–H and O–H groups in total. The third-order valence-electron chi connectivity index (χ3n) is 2.01. The van der Waals surface area contributed by atoms with E-state index in [0.29, 0.717) is 0 Å². The van der Waals surface area contributed by atoms with Crippen LogP contribution >= 0.6 is 0 Å². The molecule has 0 aromatic heterocycles. The second kappa shape index (κ2) is 5.18. The molecule has 0 unspecified atom stereocenters. The van der Waals surface area contributed by atoms with Crippen LogP contribution in [0.3, 0.4) is 0 Å². The standard InChI is InChI=1S/C12H13NO2/c1-9-7-10(3-2-4-12(13)15)5-6-11(9)8-14/h5-7,14H,4,8H2,1H3,(H2,13,15). The summed E-state index contributed by atoms with van der Waals surface area (Å²) in [5, 5.41) is 8.96. The van der Waals surface area contributed by atoms with Gasteiger partial charge < -0.3 is 10.8 Å². The second-order valence-corrected chi connectivity index (χ2v) is 3.24. The minimum Gasteiger partial charge on any atom is -0.392 e. The molecule has 0 fully saturated rings. The molecule has 0 bridgehead atoms. The summed E-state index contributed by atoms with van der Waals surface area (Å²) in [6.07, 6.45) is 0.0702. The summed E-state index contributed by atoms with van der Waals surface area (Å²) in [5.74, 6) is 5.09. The van der Waals surface area contributed by atoms with Gasteiger partial charge in [0.15, 0.2) is 0 Å². The van der Waals surface area contributed by atoms with Gasteiger partial charge in [0.1, 0.15) is 0 Å². The first-order valence-corrected chi connectivity index (χ1v) is 4.61. The number of carbonyl (C=O) groups is 1. The number of rotatable bonds is 2. The fraction of sp³-hybridized carbons (Fsp3) is 0.250. The Balaban J connectivity index is 2.82. The van der Waals surface area contributed by atoms with Crippen molar-refractivity contribution in [1.82, 2.24) is 0 Å². The molecule has 0 saturated heterocycles. The van der Waals surface area contributed by atoms with Gasteiger partial charge in [-0.1, -0.05) is 17.9 Å². The molecule has 3 heteroatoms. The van der Waals surface area contributed by atoms with E-state index in [1.807, 2.05) is 25.1 Å². The molecular formula is C12H13NO2. The number of carbonyl (C=O) groups excluding carboxylic acids is 1. The smallest absolute Gasteiger partial charge is 0.229 e. The third-order valence-corrected chi connectivity index (χ3v) is 2.01. The van der Waals surface area contributed by atoms with E-state index in [9.17, 15) is 4.79 Å². The Kier molecular flexibility index (Phi) is 3.90. The number of amides is 1. The van der Waals surface area contributed by atoms with Gasteiger partial charge in [0.25, 0.3) is 0 Å². The van der Waals surface area contributed by atoms with E-state index in [1.54, 1.807) is 0 Å². The van der Waals surface area contributed by atoms with Crippen molar-refractivity contribution in [3.63, 3.8) is 0 Å². The molecule has 0 aliphatic heterocycles. The summed E-state index contributed by atoms with van der Waals surface area (Å²) >= 11 is 0. The van der Waals surface area contributed by atoms with E-state index in [1.165, 1.54) is 0 Å². The third kappa shape index (κ3) is 3.45. The lowest BCUT2D eigenvalue weighted by atomic mass is 10.1. The maximum Gasteiger partial charge on any atom is 0.229 e. The van der Waals surface area contributed by atoms with Crippen LogP contribution in [0.25, 0.3) is 0 Å². The molecule has 0 spiro atoms. The fourth-order valence-corrected chi connectivity index (χ4v) is 1.18. The van der Waals surface area contributed by atoms with Crippen molar-refractivity contribution in [2.75, 3.05) is 0 Å². The van der Waals surface area contributed by atoms with Crippen LogP contribution in [0.2, 0.25) is 0 Å². The molecular weight excluding hydrogens is 190 g/mol. The van der Waals surface area contributed by atoms with E-state index < -0.39 is 5.91 Å². The quantitative estimate of drug-likeness (QED) is 0.695.